The minimum Gasteiger partial charge on any atom is -0.494 e. The SMILES string of the molecule is CCCCCCCOc1ccc(C(=O)NC(=S)NNC(=O)C(C)Oc2ccc3ccccc3c2)cc1. The lowest BCUT2D eigenvalue weighted by Crippen LogP contribution is -2.51. The van der Waals surface area contributed by atoms with Gasteiger partial charge in [-0.3, -0.25) is 25.8 Å². The van der Waals surface area contributed by atoms with E-state index in [0.717, 1.165) is 29.4 Å². The molecule has 1 atom stereocenters. The molecule has 1 unspecified atom stereocenters. The zero-order chi connectivity index (χ0) is 25.8. The Morgan fingerprint density at radius 3 is 2.31 bits per heavy atom. The van der Waals surface area contributed by atoms with Crippen LogP contribution in [0, 0.1) is 0 Å². The van der Waals surface area contributed by atoms with Crippen LogP contribution in [0.4, 0.5) is 0 Å². The fraction of sp³-hybridized carbons (Fsp3) is 0.321. The molecule has 3 aromatic carbocycles. The van der Waals surface area contributed by atoms with Crippen LogP contribution < -0.4 is 25.6 Å². The molecule has 0 aliphatic rings. The summed E-state index contributed by atoms with van der Waals surface area (Å²) in [6.45, 7) is 4.48. The van der Waals surface area contributed by atoms with Gasteiger partial charge in [0, 0.05) is 5.56 Å². The van der Waals surface area contributed by atoms with Crippen molar-refractivity contribution in [3.63, 3.8) is 0 Å². The van der Waals surface area contributed by atoms with Crippen molar-refractivity contribution in [3.05, 3.63) is 72.3 Å². The number of benzene rings is 3. The fourth-order valence-electron chi connectivity index (χ4n) is 3.52. The van der Waals surface area contributed by atoms with Crippen LogP contribution in [0.2, 0.25) is 0 Å². The Bertz CT molecular complexity index is 1170. The maximum Gasteiger partial charge on any atom is 0.279 e. The van der Waals surface area contributed by atoms with Gasteiger partial charge in [-0.2, -0.15) is 0 Å². The van der Waals surface area contributed by atoms with E-state index in [1.165, 1.54) is 19.3 Å². The molecule has 0 aromatic heterocycles. The van der Waals surface area contributed by atoms with E-state index in [-0.39, 0.29) is 5.11 Å². The van der Waals surface area contributed by atoms with Crippen molar-refractivity contribution in [1.29, 1.82) is 0 Å². The molecule has 0 bridgehead atoms. The quantitative estimate of drug-likeness (QED) is 0.186. The Balaban J connectivity index is 1.38. The number of fused-ring (bicyclic) bond motifs is 1. The highest BCUT2D eigenvalue weighted by Crippen LogP contribution is 2.21. The molecular formula is C28H33N3O4S. The molecular weight excluding hydrogens is 474 g/mol. The molecule has 0 spiro atoms. The summed E-state index contributed by atoms with van der Waals surface area (Å²) in [4.78, 5) is 24.8. The second-order valence-corrected chi connectivity index (χ2v) is 8.86. The zero-order valence-corrected chi connectivity index (χ0v) is 21.5. The summed E-state index contributed by atoms with van der Waals surface area (Å²) in [6.07, 6.45) is 5.08. The first-order valence-electron chi connectivity index (χ1n) is 12.3. The van der Waals surface area contributed by atoms with Gasteiger partial charge in [0.2, 0.25) is 0 Å². The van der Waals surface area contributed by atoms with Crippen LogP contribution in [0.3, 0.4) is 0 Å². The van der Waals surface area contributed by atoms with E-state index in [1.54, 1.807) is 31.2 Å². The largest absolute Gasteiger partial charge is 0.494 e. The Hall–Kier alpha value is -3.65. The van der Waals surface area contributed by atoms with Gasteiger partial charge in [0.05, 0.1) is 6.61 Å². The van der Waals surface area contributed by atoms with Gasteiger partial charge in [-0.05, 0) is 72.7 Å². The number of hydrogen-bond donors (Lipinski definition) is 3. The van der Waals surface area contributed by atoms with Gasteiger partial charge in [-0.1, -0.05) is 62.9 Å². The van der Waals surface area contributed by atoms with Crippen molar-refractivity contribution in [2.75, 3.05) is 6.61 Å². The van der Waals surface area contributed by atoms with E-state index in [4.69, 9.17) is 21.7 Å². The van der Waals surface area contributed by atoms with E-state index < -0.39 is 17.9 Å². The summed E-state index contributed by atoms with van der Waals surface area (Å²) in [7, 11) is 0. The number of carbonyl (C=O) groups is 2. The number of amides is 2. The average molecular weight is 508 g/mol. The van der Waals surface area contributed by atoms with Crippen LogP contribution in [-0.4, -0.2) is 29.6 Å². The highest BCUT2D eigenvalue weighted by Gasteiger charge is 2.16. The molecule has 3 aromatic rings. The first-order valence-corrected chi connectivity index (χ1v) is 12.7. The van der Waals surface area contributed by atoms with Gasteiger partial charge in [0.15, 0.2) is 11.2 Å². The average Bonchev–Trinajstić information content (AvgIpc) is 2.89. The summed E-state index contributed by atoms with van der Waals surface area (Å²) in [6, 6.07) is 20.4. The van der Waals surface area contributed by atoms with Crippen molar-refractivity contribution in [2.24, 2.45) is 0 Å². The first-order chi connectivity index (χ1) is 17.5. The molecule has 36 heavy (non-hydrogen) atoms. The predicted octanol–water partition coefficient (Wildman–Crippen LogP) is 5.29. The maximum absolute atomic E-state index is 12.4. The summed E-state index contributed by atoms with van der Waals surface area (Å²) in [5.74, 6) is 0.468. The smallest absolute Gasteiger partial charge is 0.279 e. The third-order valence-electron chi connectivity index (χ3n) is 5.56. The predicted molar refractivity (Wildman–Crippen MR) is 146 cm³/mol. The van der Waals surface area contributed by atoms with Crippen LogP contribution in [0.5, 0.6) is 11.5 Å². The molecule has 0 aliphatic heterocycles. The summed E-state index contributed by atoms with van der Waals surface area (Å²) in [5, 5.41) is 4.62. The van der Waals surface area contributed by atoms with Crippen LogP contribution in [0.15, 0.2) is 66.7 Å². The molecule has 3 N–H and O–H groups in total. The van der Waals surface area contributed by atoms with Crippen molar-refractivity contribution < 1.29 is 19.1 Å². The van der Waals surface area contributed by atoms with Crippen molar-refractivity contribution in [3.8, 4) is 11.5 Å². The second kappa shape index (κ2) is 14.0. The number of hydrazine groups is 1. The van der Waals surface area contributed by atoms with Crippen LogP contribution in [-0.2, 0) is 4.79 Å². The molecule has 2 amide bonds. The number of nitrogens with one attached hydrogen (secondary N) is 3. The lowest BCUT2D eigenvalue weighted by atomic mass is 10.1. The lowest BCUT2D eigenvalue weighted by molar-refractivity contribution is -0.127. The third-order valence-corrected chi connectivity index (χ3v) is 5.77. The Morgan fingerprint density at radius 2 is 1.56 bits per heavy atom. The van der Waals surface area contributed by atoms with Crippen molar-refractivity contribution >= 4 is 39.9 Å². The van der Waals surface area contributed by atoms with Gasteiger partial charge in [0.25, 0.3) is 11.8 Å². The van der Waals surface area contributed by atoms with Crippen LogP contribution >= 0.6 is 12.2 Å². The molecule has 0 saturated heterocycles. The monoisotopic (exact) mass is 507 g/mol. The number of thiocarbonyl (C=S) groups is 1. The molecule has 0 fully saturated rings. The zero-order valence-electron chi connectivity index (χ0n) is 20.7. The van der Waals surface area contributed by atoms with Crippen molar-refractivity contribution in [1.82, 2.24) is 16.2 Å². The molecule has 3 rings (SSSR count). The second-order valence-electron chi connectivity index (χ2n) is 8.45. The topological polar surface area (TPSA) is 88.7 Å². The van der Waals surface area contributed by atoms with Gasteiger partial charge < -0.3 is 9.47 Å². The van der Waals surface area contributed by atoms with Gasteiger partial charge >= 0.3 is 0 Å². The number of rotatable bonds is 11. The fourth-order valence-corrected chi connectivity index (χ4v) is 3.67. The molecule has 7 nitrogen and oxygen atoms in total. The molecule has 0 heterocycles. The minimum atomic E-state index is -0.781. The molecule has 0 aliphatic carbocycles. The standard InChI is InChI=1S/C28H33N3O4S/c1-3-4-5-6-9-18-34-24-15-13-22(14-16-24)27(33)29-28(36)31-30-26(32)20(2)35-25-17-12-21-10-7-8-11-23(21)19-25/h7-8,10-17,19-20H,3-6,9,18H2,1-2H3,(H,30,32)(H2,29,31,33,36). The normalized spacial score (nSPS) is 11.4. The van der Waals surface area contributed by atoms with Gasteiger partial charge in [-0.15, -0.1) is 0 Å². The summed E-state index contributed by atoms with van der Waals surface area (Å²) >= 11 is 5.12. The van der Waals surface area contributed by atoms with Crippen molar-refractivity contribution in [2.45, 2.75) is 52.1 Å². The maximum atomic E-state index is 12.4. The van der Waals surface area contributed by atoms with E-state index in [1.807, 2.05) is 42.5 Å². The van der Waals surface area contributed by atoms with E-state index in [0.29, 0.717) is 17.9 Å². The Labute approximate surface area is 217 Å². The first kappa shape index (κ1) is 26.9. The van der Waals surface area contributed by atoms with E-state index in [2.05, 4.69) is 23.1 Å². The lowest BCUT2D eigenvalue weighted by Gasteiger charge is -2.16. The summed E-state index contributed by atoms with van der Waals surface area (Å²) in [5.41, 5.74) is 5.42. The van der Waals surface area contributed by atoms with Crippen LogP contribution in [0.25, 0.3) is 10.8 Å². The Morgan fingerprint density at radius 1 is 0.861 bits per heavy atom. The van der Waals surface area contributed by atoms with Gasteiger partial charge in [0.1, 0.15) is 11.5 Å². The number of unbranched alkanes of at least 4 members (excludes halogenated alkanes) is 4. The highest BCUT2D eigenvalue weighted by atomic mass is 32.1. The minimum absolute atomic E-state index is 0.0290. The highest BCUT2D eigenvalue weighted by molar-refractivity contribution is 7.80. The van der Waals surface area contributed by atoms with Gasteiger partial charge in [-0.25, -0.2) is 0 Å². The summed E-state index contributed by atoms with van der Waals surface area (Å²) < 4.78 is 11.5. The number of ether oxygens (including phenoxy) is 2. The van der Waals surface area contributed by atoms with E-state index in [9.17, 15) is 9.59 Å². The molecule has 0 saturated carbocycles. The molecule has 8 heteroatoms. The number of hydrogen-bond acceptors (Lipinski definition) is 5. The number of carbonyl (C=O) groups excluding carboxylic acids is 2. The molecule has 190 valence electrons. The third kappa shape index (κ3) is 8.53. The van der Waals surface area contributed by atoms with E-state index >= 15 is 0 Å². The van der Waals surface area contributed by atoms with Crippen LogP contribution in [0.1, 0.15) is 56.3 Å². The Kier molecular flexibility index (Phi) is 10.5. The molecule has 0 radical (unpaired) electrons.